The van der Waals surface area contributed by atoms with Crippen molar-refractivity contribution >= 4 is 34.5 Å². The average molecular weight is 409 g/mol. The van der Waals surface area contributed by atoms with E-state index in [2.05, 4.69) is 44.4 Å². The fourth-order valence-electron chi connectivity index (χ4n) is 3.45. The topological polar surface area (TPSA) is 145 Å². The van der Waals surface area contributed by atoms with Crippen molar-refractivity contribution < 1.29 is 4.79 Å². The number of carbonyl (C=O) groups excluding carboxylic acids is 1. The van der Waals surface area contributed by atoms with Crippen molar-refractivity contribution in [3.63, 3.8) is 0 Å². The predicted molar refractivity (Wildman–Crippen MR) is 119 cm³/mol. The Morgan fingerprint density at radius 2 is 1.80 bits per heavy atom. The summed E-state index contributed by atoms with van der Waals surface area (Å²) < 4.78 is 0. The molecule has 6 N–H and O–H groups in total. The lowest BCUT2D eigenvalue weighted by Crippen LogP contribution is -2.44. The van der Waals surface area contributed by atoms with Crippen LogP contribution in [0.15, 0.2) is 30.5 Å². The molecule has 3 aromatic rings. The van der Waals surface area contributed by atoms with Crippen LogP contribution in [-0.4, -0.2) is 31.4 Å². The maximum Gasteiger partial charge on any atom is 0.251 e. The van der Waals surface area contributed by atoms with Crippen LogP contribution in [-0.2, 0) is 6.54 Å². The minimum atomic E-state index is -0.257. The lowest BCUT2D eigenvalue weighted by Gasteiger charge is -2.28. The third-order valence-electron chi connectivity index (χ3n) is 4.49. The van der Waals surface area contributed by atoms with E-state index in [0.29, 0.717) is 34.9 Å². The van der Waals surface area contributed by atoms with Gasteiger partial charge >= 0.3 is 0 Å². The number of hydrogen-bond acceptors (Lipinski definition) is 8. The highest BCUT2D eigenvalue weighted by molar-refractivity contribution is 5.95. The average Bonchev–Trinajstić information content (AvgIpc) is 2.65. The summed E-state index contributed by atoms with van der Waals surface area (Å²) in [7, 11) is 0. The van der Waals surface area contributed by atoms with Gasteiger partial charge in [-0.25, -0.2) is 9.97 Å². The number of hydrogen-bond donors (Lipinski definition) is 4. The van der Waals surface area contributed by atoms with Gasteiger partial charge < -0.3 is 22.1 Å². The zero-order valence-electron chi connectivity index (χ0n) is 17.7. The van der Waals surface area contributed by atoms with E-state index in [-0.39, 0.29) is 23.2 Å². The van der Waals surface area contributed by atoms with Crippen LogP contribution in [0, 0.1) is 5.92 Å². The SMILES string of the molecule is CC(C)CC(C)(C)NC(=O)c1ccc(NCc2cnc3nc(N)nc(N)c3n2)cc1. The highest BCUT2D eigenvalue weighted by Gasteiger charge is 2.22. The van der Waals surface area contributed by atoms with Crippen LogP contribution < -0.4 is 22.1 Å². The Hall–Kier alpha value is -3.49. The molecule has 0 radical (unpaired) electrons. The Kier molecular flexibility index (Phi) is 6.00. The van der Waals surface area contributed by atoms with E-state index in [1.165, 1.54) is 0 Å². The van der Waals surface area contributed by atoms with Gasteiger partial charge in [0.15, 0.2) is 17.0 Å². The number of benzene rings is 1. The molecule has 158 valence electrons. The third-order valence-corrected chi connectivity index (χ3v) is 4.49. The molecule has 9 nitrogen and oxygen atoms in total. The van der Waals surface area contributed by atoms with Gasteiger partial charge in [0.05, 0.1) is 18.4 Å². The molecular formula is C21H28N8O. The van der Waals surface area contributed by atoms with E-state index in [1.54, 1.807) is 18.3 Å². The van der Waals surface area contributed by atoms with Crippen molar-refractivity contribution in [1.29, 1.82) is 0 Å². The molecule has 0 aliphatic carbocycles. The predicted octanol–water partition coefficient (Wildman–Crippen LogP) is 2.75. The second-order valence-corrected chi connectivity index (χ2v) is 8.37. The Labute approximate surface area is 175 Å². The molecule has 1 amide bonds. The highest BCUT2D eigenvalue weighted by Crippen LogP contribution is 2.18. The van der Waals surface area contributed by atoms with Crippen molar-refractivity contribution in [3.05, 3.63) is 41.7 Å². The highest BCUT2D eigenvalue weighted by atomic mass is 16.1. The summed E-state index contributed by atoms with van der Waals surface area (Å²) in [4.78, 5) is 29.1. The number of amides is 1. The molecule has 0 unspecified atom stereocenters. The minimum Gasteiger partial charge on any atom is -0.382 e. The number of nitrogens with two attached hydrogens (primary N) is 2. The van der Waals surface area contributed by atoms with Crippen LogP contribution >= 0.6 is 0 Å². The number of nitrogens with zero attached hydrogens (tertiary/aromatic N) is 4. The lowest BCUT2D eigenvalue weighted by atomic mass is 9.92. The van der Waals surface area contributed by atoms with E-state index in [0.717, 1.165) is 12.1 Å². The first-order valence-corrected chi connectivity index (χ1v) is 9.84. The summed E-state index contributed by atoms with van der Waals surface area (Å²) in [6, 6.07) is 7.31. The lowest BCUT2D eigenvalue weighted by molar-refractivity contribution is 0.0904. The molecule has 0 fully saturated rings. The van der Waals surface area contributed by atoms with Gasteiger partial charge in [-0.05, 0) is 50.5 Å². The van der Waals surface area contributed by atoms with Crippen molar-refractivity contribution in [2.45, 2.75) is 46.2 Å². The van der Waals surface area contributed by atoms with E-state index in [4.69, 9.17) is 11.5 Å². The number of rotatable bonds is 7. The zero-order chi connectivity index (χ0) is 21.9. The molecule has 9 heteroatoms. The molecule has 0 aliphatic rings. The van der Waals surface area contributed by atoms with Gasteiger partial charge in [0.1, 0.15) is 0 Å². The number of fused-ring (bicyclic) bond motifs is 1. The molecule has 30 heavy (non-hydrogen) atoms. The maximum atomic E-state index is 12.5. The third kappa shape index (κ3) is 5.31. The molecule has 0 saturated carbocycles. The van der Waals surface area contributed by atoms with Gasteiger partial charge in [-0.15, -0.1) is 0 Å². The Balaban J connectivity index is 1.63. The first-order valence-electron chi connectivity index (χ1n) is 9.84. The normalized spacial score (nSPS) is 11.6. The number of aromatic nitrogens is 4. The molecular weight excluding hydrogens is 380 g/mol. The molecule has 1 aromatic carbocycles. The summed E-state index contributed by atoms with van der Waals surface area (Å²) in [5.74, 6) is 0.686. The summed E-state index contributed by atoms with van der Waals surface area (Å²) in [5, 5.41) is 6.35. The van der Waals surface area contributed by atoms with E-state index in [9.17, 15) is 4.79 Å². The quantitative estimate of drug-likeness (QED) is 0.467. The number of nitrogens with one attached hydrogen (secondary N) is 2. The second-order valence-electron chi connectivity index (χ2n) is 8.37. The maximum absolute atomic E-state index is 12.5. The Morgan fingerprint density at radius 1 is 1.10 bits per heavy atom. The van der Waals surface area contributed by atoms with Crippen molar-refractivity contribution in [1.82, 2.24) is 25.3 Å². The van der Waals surface area contributed by atoms with E-state index in [1.807, 2.05) is 26.0 Å². The first kappa shape index (κ1) is 21.2. The van der Waals surface area contributed by atoms with Crippen LogP contribution in [0.4, 0.5) is 17.5 Å². The van der Waals surface area contributed by atoms with Crippen LogP contribution in [0.1, 0.15) is 50.2 Å². The van der Waals surface area contributed by atoms with Gasteiger partial charge in [-0.2, -0.15) is 9.97 Å². The Morgan fingerprint density at radius 3 is 2.47 bits per heavy atom. The number of carbonyl (C=O) groups is 1. The number of nitrogen functional groups attached to an aromatic ring is 2. The molecule has 0 saturated heterocycles. The largest absolute Gasteiger partial charge is 0.382 e. The van der Waals surface area contributed by atoms with Gasteiger partial charge in [0.2, 0.25) is 5.95 Å². The monoisotopic (exact) mass is 408 g/mol. The van der Waals surface area contributed by atoms with Crippen LogP contribution in [0.2, 0.25) is 0 Å². The molecule has 2 heterocycles. The fourth-order valence-corrected chi connectivity index (χ4v) is 3.45. The minimum absolute atomic E-state index is 0.0666. The van der Waals surface area contributed by atoms with Gasteiger partial charge in [-0.1, -0.05) is 13.8 Å². The van der Waals surface area contributed by atoms with Crippen molar-refractivity contribution in [2.75, 3.05) is 16.8 Å². The van der Waals surface area contributed by atoms with E-state index >= 15 is 0 Å². The molecule has 2 aromatic heterocycles. The van der Waals surface area contributed by atoms with Crippen LogP contribution in [0.3, 0.4) is 0 Å². The standard InChI is InChI=1S/C21H28N8O/c1-12(2)9-21(3,4)29-19(30)13-5-7-14(8-6-13)24-10-15-11-25-18-16(26-15)17(22)27-20(23)28-18/h5-8,11-12,24H,9-10H2,1-4H3,(H,29,30)(H4,22,23,25,27,28). The van der Waals surface area contributed by atoms with Gasteiger partial charge in [0, 0.05) is 16.8 Å². The van der Waals surface area contributed by atoms with Gasteiger partial charge in [-0.3, -0.25) is 4.79 Å². The smallest absolute Gasteiger partial charge is 0.251 e. The summed E-state index contributed by atoms with van der Waals surface area (Å²) in [6.45, 7) is 8.80. The zero-order valence-corrected chi connectivity index (χ0v) is 17.7. The fraction of sp³-hybridized carbons (Fsp3) is 0.381. The molecule has 0 aliphatic heterocycles. The van der Waals surface area contributed by atoms with Crippen LogP contribution in [0.25, 0.3) is 11.2 Å². The Bertz CT molecular complexity index is 1050. The van der Waals surface area contributed by atoms with Gasteiger partial charge in [0.25, 0.3) is 5.91 Å². The second kappa shape index (κ2) is 8.48. The molecule has 3 rings (SSSR count). The summed E-state index contributed by atoms with van der Waals surface area (Å²) in [6.07, 6.45) is 2.52. The number of anilines is 3. The van der Waals surface area contributed by atoms with Crippen LogP contribution in [0.5, 0.6) is 0 Å². The molecule has 0 bridgehead atoms. The molecule has 0 atom stereocenters. The molecule has 0 spiro atoms. The van der Waals surface area contributed by atoms with Crippen molar-refractivity contribution in [2.24, 2.45) is 5.92 Å². The van der Waals surface area contributed by atoms with Crippen molar-refractivity contribution in [3.8, 4) is 0 Å². The first-order chi connectivity index (χ1) is 14.1. The summed E-state index contributed by atoms with van der Waals surface area (Å²) >= 11 is 0. The summed E-state index contributed by atoms with van der Waals surface area (Å²) in [5.41, 5.74) is 14.1. The van der Waals surface area contributed by atoms with E-state index < -0.39 is 0 Å².